The fourth-order valence-electron chi connectivity index (χ4n) is 2.92. The summed E-state index contributed by atoms with van der Waals surface area (Å²) in [5.74, 6) is 2.07. The zero-order chi connectivity index (χ0) is 18.5. The van der Waals surface area contributed by atoms with Crippen LogP contribution in [-0.2, 0) is 6.54 Å². The number of hydrogen-bond acceptors (Lipinski definition) is 4. The van der Waals surface area contributed by atoms with Gasteiger partial charge in [-0.05, 0) is 55.7 Å². The minimum atomic E-state index is 0.0182. The van der Waals surface area contributed by atoms with Gasteiger partial charge in [-0.25, -0.2) is 0 Å². The van der Waals surface area contributed by atoms with Crippen LogP contribution in [0.25, 0.3) is 0 Å². The first-order valence-electron chi connectivity index (χ1n) is 8.91. The average Bonchev–Trinajstić information content (AvgIpc) is 3.51. The monoisotopic (exact) mass is 355 g/mol. The van der Waals surface area contributed by atoms with Crippen molar-refractivity contribution in [2.45, 2.75) is 32.4 Å². The van der Waals surface area contributed by atoms with Crippen molar-refractivity contribution in [3.8, 4) is 17.2 Å². The molecule has 5 nitrogen and oxygen atoms in total. The molecule has 0 aromatic heterocycles. The highest BCUT2D eigenvalue weighted by Crippen LogP contribution is 2.33. The van der Waals surface area contributed by atoms with Crippen LogP contribution < -0.4 is 14.2 Å². The van der Waals surface area contributed by atoms with E-state index in [9.17, 15) is 4.79 Å². The highest BCUT2D eigenvalue weighted by Gasteiger charge is 2.33. The molecule has 2 aromatic carbocycles. The molecule has 138 valence electrons. The third-order valence-corrected chi connectivity index (χ3v) is 4.47. The molecule has 0 aliphatic heterocycles. The Morgan fingerprint density at radius 3 is 2.35 bits per heavy atom. The largest absolute Gasteiger partial charge is 0.497 e. The molecule has 2 aromatic rings. The Hall–Kier alpha value is -2.69. The summed E-state index contributed by atoms with van der Waals surface area (Å²) in [7, 11) is 3.23. The van der Waals surface area contributed by atoms with Crippen LogP contribution in [0, 0.1) is 0 Å². The molecule has 3 rings (SSSR count). The lowest BCUT2D eigenvalue weighted by molar-refractivity contribution is 0.0729. The minimum absolute atomic E-state index is 0.0182. The predicted octanol–water partition coefficient (Wildman–Crippen LogP) is 3.91. The molecular formula is C21H25NO4. The average molecular weight is 355 g/mol. The van der Waals surface area contributed by atoms with Gasteiger partial charge in [-0.15, -0.1) is 0 Å². The second-order valence-electron chi connectivity index (χ2n) is 6.31. The Bertz CT molecular complexity index is 753. The van der Waals surface area contributed by atoms with Crippen LogP contribution >= 0.6 is 0 Å². The van der Waals surface area contributed by atoms with Crippen LogP contribution in [0.4, 0.5) is 0 Å². The van der Waals surface area contributed by atoms with Gasteiger partial charge in [0.25, 0.3) is 5.91 Å². The summed E-state index contributed by atoms with van der Waals surface area (Å²) in [6, 6.07) is 13.5. The van der Waals surface area contributed by atoms with Gasteiger partial charge in [0.05, 0.1) is 20.8 Å². The molecule has 0 bridgehead atoms. The molecule has 0 heterocycles. The zero-order valence-corrected chi connectivity index (χ0v) is 15.5. The highest BCUT2D eigenvalue weighted by molar-refractivity contribution is 5.95. The van der Waals surface area contributed by atoms with E-state index in [2.05, 4.69) is 0 Å². The quantitative estimate of drug-likeness (QED) is 0.720. The first kappa shape index (κ1) is 18.1. The van der Waals surface area contributed by atoms with Crippen molar-refractivity contribution in [3.05, 3.63) is 53.6 Å². The lowest BCUT2D eigenvalue weighted by Gasteiger charge is -2.23. The summed E-state index contributed by atoms with van der Waals surface area (Å²) in [4.78, 5) is 15.0. The van der Waals surface area contributed by atoms with Crippen molar-refractivity contribution >= 4 is 5.91 Å². The number of carbonyl (C=O) groups is 1. The number of methoxy groups -OCH3 is 2. The summed E-state index contributed by atoms with van der Waals surface area (Å²) >= 11 is 0. The van der Waals surface area contributed by atoms with Crippen molar-refractivity contribution in [2.75, 3.05) is 20.8 Å². The maximum atomic E-state index is 13.1. The molecule has 0 saturated heterocycles. The molecule has 0 N–H and O–H groups in total. The third kappa shape index (κ3) is 4.10. The topological polar surface area (TPSA) is 48.0 Å². The van der Waals surface area contributed by atoms with Crippen LogP contribution in [0.15, 0.2) is 42.5 Å². The molecule has 1 aliphatic rings. The van der Waals surface area contributed by atoms with E-state index >= 15 is 0 Å². The molecule has 1 saturated carbocycles. The molecule has 1 fully saturated rings. The van der Waals surface area contributed by atoms with E-state index in [-0.39, 0.29) is 5.91 Å². The molecule has 1 amide bonds. The summed E-state index contributed by atoms with van der Waals surface area (Å²) < 4.78 is 16.1. The van der Waals surface area contributed by atoms with Gasteiger partial charge in [-0.3, -0.25) is 4.79 Å². The fourth-order valence-corrected chi connectivity index (χ4v) is 2.92. The number of ether oxygens (including phenoxy) is 3. The van der Waals surface area contributed by atoms with Crippen molar-refractivity contribution < 1.29 is 19.0 Å². The van der Waals surface area contributed by atoms with E-state index in [1.54, 1.807) is 32.4 Å². The van der Waals surface area contributed by atoms with Crippen molar-refractivity contribution in [1.29, 1.82) is 0 Å². The highest BCUT2D eigenvalue weighted by atomic mass is 16.5. The molecule has 0 atom stereocenters. The summed E-state index contributed by atoms with van der Waals surface area (Å²) in [5.41, 5.74) is 1.70. The van der Waals surface area contributed by atoms with E-state index in [4.69, 9.17) is 14.2 Å². The van der Waals surface area contributed by atoms with Crippen molar-refractivity contribution in [2.24, 2.45) is 0 Å². The lowest BCUT2D eigenvalue weighted by atomic mass is 10.1. The van der Waals surface area contributed by atoms with Crippen LogP contribution in [0.5, 0.6) is 17.2 Å². The molecule has 0 unspecified atom stereocenters. The molecule has 1 aliphatic carbocycles. The fraction of sp³-hybridized carbons (Fsp3) is 0.381. The van der Waals surface area contributed by atoms with Gasteiger partial charge < -0.3 is 19.1 Å². The Labute approximate surface area is 154 Å². The number of hydrogen-bond donors (Lipinski definition) is 0. The molecule has 0 spiro atoms. The number of rotatable bonds is 8. The number of carbonyl (C=O) groups excluding carboxylic acids is 1. The minimum Gasteiger partial charge on any atom is -0.497 e. The third-order valence-electron chi connectivity index (χ3n) is 4.47. The van der Waals surface area contributed by atoms with E-state index in [1.807, 2.05) is 36.1 Å². The first-order valence-corrected chi connectivity index (χ1v) is 8.91. The Kier molecular flexibility index (Phi) is 5.66. The zero-order valence-electron chi connectivity index (χ0n) is 15.5. The van der Waals surface area contributed by atoms with E-state index in [0.29, 0.717) is 36.3 Å². The van der Waals surface area contributed by atoms with E-state index in [0.717, 1.165) is 24.2 Å². The summed E-state index contributed by atoms with van der Waals surface area (Å²) in [6.07, 6.45) is 2.10. The SMILES string of the molecule is CCOc1ccc(C(=O)N(Cc2ccc(OC)cc2)C2CC2)cc1OC. The number of amides is 1. The van der Waals surface area contributed by atoms with Gasteiger partial charge in [-0.1, -0.05) is 12.1 Å². The van der Waals surface area contributed by atoms with Gasteiger partial charge >= 0.3 is 0 Å². The van der Waals surface area contributed by atoms with Crippen LogP contribution in [0.2, 0.25) is 0 Å². The number of benzene rings is 2. The normalized spacial score (nSPS) is 13.2. The van der Waals surface area contributed by atoms with Gasteiger partial charge in [0, 0.05) is 18.2 Å². The second-order valence-corrected chi connectivity index (χ2v) is 6.31. The predicted molar refractivity (Wildman–Crippen MR) is 100 cm³/mol. The van der Waals surface area contributed by atoms with Crippen LogP contribution in [-0.4, -0.2) is 37.7 Å². The van der Waals surface area contributed by atoms with Crippen LogP contribution in [0.1, 0.15) is 35.7 Å². The smallest absolute Gasteiger partial charge is 0.254 e. The summed E-state index contributed by atoms with van der Waals surface area (Å²) in [5, 5.41) is 0. The van der Waals surface area contributed by atoms with Gasteiger partial charge in [0.2, 0.25) is 0 Å². The molecule has 26 heavy (non-hydrogen) atoms. The van der Waals surface area contributed by atoms with Gasteiger partial charge in [-0.2, -0.15) is 0 Å². The Balaban J connectivity index is 1.80. The molecule has 0 radical (unpaired) electrons. The standard InChI is InChI=1S/C21H25NO4/c1-4-26-19-12-7-16(13-20(19)25-3)21(23)22(17-8-9-17)14-15-5-10-18(24-2)11-6-15/h5-7,10-13,17H,4,8-9,14H2,1-3H3. The molecular weight excluding hydrogens is 330 g/mol. The Morgan fingerprint density at radius 1 is 1.04 bits per heavy atom. The first-order chi connectivity index (χ1) is 12.7. The maximum absolute atomic E-state index is 13.1. The second kappa shape index (κ2) is 8.13. The van der Waals surface area contributed by atoms with Gasteiger partial charge in [0.15, 0.2) is 11.5 Å². The Morgan fingerprint density at radius 2 is 1.77 bits per heavy atom. The van der Waals surface area contributed by atoms with Crippen molar-refractivity contribution in [1.82, 2.24) is 4.90 Å². The van der Waals surface area contributed by atoms with Crippen molar-refractivity contribution in [3.63, 3.8) is 0 Å². The van der Waals surface area contributed by atoms with E-state index < -0.39 is 0 Å². The summed E-state index contributed by atoms with van der Waals surface area (Å²) in [6.45, 7) is 3.06. The van der Waals surface area contributed by atoms with Gasteiger partial charge in [0.1, 0.15) is 5.75 Å². The lowest BCUT2D eigenvalue weighted by Crippen LogP contribution is -2.32. The maximum Gasteiger partial charge on any atom is 0.254 e. The number of nitrogens with zero attached hydrogens (tertiary/aromatic N) is 1. The van der Waals surface area contributed by atoms with E-state index in [1.165, 1.54) is 0 Å². The van der Waals surface area contributed by atoms with Crippen LogP contribution in [0.3, 0.4) is 0 Å². The molecule has 5 heteroatoms.